The highest BCUT2D eigenvalue weighted by Crippen LogP contribution is 2.29. The van der Waals surface area contributed by atoms with Crippen LogP contribution in [-0.2, 0) is 16.6 Å². The van der Waals surface area contributed by atoms with Gasteiger partial charge in [-0.25, -0.2) is 5.21 Å². The molecule has 0 aliphatic carbocycles. The summed E-state index contributed by atoms with van der Waals surface area (Å²) in [4.78, 5) is 12.2. The second-order valence-electron chi connectivity index (χ2n) is 5.12. The molecule has 0 saturated heterocycles. The van der Waals surface area contributed by atoms with E-state index in [1.165, 1.54) is 19.1 Å². The van der Waals surface area contributed by atoms with Crippen LogP contribution in [-0.4, -0.2) is 11.0 Å². The van der Waals surface area contributed by atoms with Gasteiger partial charge in [0.2, 0.25) is 0 Å². The molecule has 0 heterocycles. The van der Waals surface area contributed by atoms with Crippen LogP contribution in [0.15, 0.2) is 54.6 Å². The second-order valence-corrected chi connectivity index (χ2v) is 5.12. The first kappa shape index (κ1) is 15.9. The largest absolute Gasteiger partial charge is 0.595 e. The van der Waals surface area contributed by atoms with E-state index < -0.39 is 10.6 Å². The van der Waals surface area contributed by atoms with Crippen molar-refractivity contribution < 1.29 is 15.2 Å². The summed E-state index contributed by atoms with van der Waals surface area (Å²) >= 11 is 0. The minimum atomic E-state index is -1.26. The normalized spacial score (nSPS) is 14.6. The molecule has 0 bridgehead atoms. The summed E-state index contributed by atoms with van der Waals surface area (Å²) in [6.07, 6.45) is 0.211. The maximum absolute atomic E-state index is 12.2. The molecule has 0 aliphatic heterocycles. The molecule has 2 aromatic carbocycles. The van der Waals surface area contributed by atoms with E-state index in [1.54, 1.807) is 36.4 Å². The lowest BCUT2D eigenvalue weighted by Crippen LogP contribution is -2.99. The van der Waals surface area contributed by atoms with Gasteiger partial charge in [0.05, 0.1) is 6.07 Å². The van der Waals surface area contributed by atoms with E-state index in [2.05, 4.69) is 6.07 Å². The van der Waals surface area contributed by atoms with Crippen LogP contribution in [0.3, 0.4) is 0 Å². The van der Waals surface area contributed by atoms with Crippen LogP contribution in [0, 0.1) is 16.5 Å². The number of rotatable bonds is 5. The molecular weight excluding hydrogens is 280 g/mol. The molecule has 0 amide bonds. The molecule has 2 atom stereocenters. The number of carbonyl (C=O) groups excluding carboxylic acids is 1. The summed E-state index contributed by atoms with van der Waals surface area (Å²) in [5, 5.41) is 28.4. The van der Waals surface area contributed by atoms with Crippen molar-refractivity contribution >= 4 is 11.5 Å². The molecule has 0 fully saturated rings. The average Bonchev–Trinajstić information content (AvgIpc) is 2.53. The number of Topliss-reactive ketones (excluding diaryl/α,β-unsaturated/α-hetero) is 1. The number of nitriles is 1. The van der Waals surface area contributed by atoms with Gasteiger partial charge in [-0.15, -0.1) is 0 Å². The van der Waals surface area contributed by atoms with Crippen LogP contribution < -0.4 is 5.23 Å². The number of benzene rings is 2. The van der Waals surface area contributed by atoms with Gasteiger partial charge < -0.3 is 5.21 Å². The fourth-order valence-electron chi connectivity index (χ4n) is 2.41. The Bertz CT molecular complexity index is 690. The van der Waals surface area contributed by atoms with Crippen molar-refractivity contribution in [1.82, 2.24) is 0 Å². The fraction of sp³-hybridized carbons (Fsp3) is 0.176. The lowest BCUT2D eigenvalue weighted by atomic mass is 9.74. The third-order valence-corrected chi connectivity index (χ3v) is 3.73. The van der Waals surface area contributed by atoms with Gasteiger partial charge in [-0.2, -0.15) is 10.5 Å². The minimum Gasteiger partial charge on any atom is -0.595 e. The van der Waals surface area contributed by atoms with E-state index in [-0.39, 0.29) is 17.9 Å². The van der Waals surface area contributed by atoms with Crippen molar-refractivity contribution in [2.45, 2.75) is 18.8 Å². The zero-order chi connectivity index (χ0) is 16.2. The molecule has 112 valence electrons. The molecule has 5 heteroatoms. The molecule has 0 radical (unpaired) electrons. The predicted molar refractivity (Wildman–Crippen MR) is 80.3 cm³/mol. The summed E-state index contributed by atoms with van der Waals surface area (Å²) in [5.74, 6) is -0.233. The summed E-state index contributed by atoms with van der Waals surface area (Å²) in [6, 6.07) is 17.3. The fourth-order valence-corrected chi connectivity index (χ4v) is 2.41. The van der Waals surface area contributed by atoms with Gasteiger partial charge in [-0.05, 0) is 18.1 Å². The Morgan fingerprint density at radius 2 is 1.82 bits per heavy atom. The molecule has 1 unspecified atom stereocenters. The minimum absolute atomic E-state index is 0.175. The van der Waals surface area contributed by atoms with Gasteiger partial charge in [-0.1, -0.05) is 42.5 Å². The Labute approximate surface area is 128 Å². The van der Waals surface area contributed by atoms with Gasteiger partial charge in [0.25, 0.3) is 0 Å². The van der Waals surface area contributed by atoms with Crippen molar-refractivity contribution in [1.29, 1.82) is 5.26 Å². The SMILES string of the molecule is CC(=O)[C@](C#N)(Cc1ccc([NH+]([O-])O)cc1)c1ccccc1. The van der Waals surface area contributed by atoms with Crippen molar-refractivity contribution in [3.63, 3.8) is 0 Å². The van der Waals surface area contributed by atoms with Crippen LogP contribution in [0.4, 0.5) is 5.69 Å². The van der Waals surface area contributed by atoms with Crippen molar-refractivity contribution in [3.05, 3.63) is 70.9 Å². The number of hydrogen-bond acceptors (Lipinski definition) is 4. The van der Waals surface area contributed by atoms with E-state index in [4.69, 9.17) is 5.21 Å². The first-order valence-electron chi connectivity index (χ1n) is 6.79. The van der Waals surface area contributed by atoms with Crippen LogP contribution in [0.5, 0.6) is 0 Å². The lowest BCUT2D eigenvalue weighted by molar-refractivity contribution is -0.991. The lowest BCUT2D eigenvalue weighted by Gasteiger charge is -2.24. The van der Waals surface area contributed by atoms with Gasteiger partial charge in [-0.3, -0.25) is 4.79 Å². The quantitative estimate of drug-likeness (QED) is 0.822. The molecule has 0 saturated carbocycles. The van der Waals surface area contributed by atoms with Gasteiger partial charge in [0, 0.05) is 18.6 Å². The number of nitrogens with one attached hydrogen (secondary N) is 1. The third-order valence-electron chi connectivity index (χ3n) is 3.73. The van der Waals surface area contributed by atoms with Crippen LogP contribution in [0.1, 0.15) is 18.1 Å². The topological polar surface area (TPSA) is 88.6 Å². The van der Waals surface area contributed by atoms with Gasteiger partial charge >= 0.3 is 0 Å². The van der Waals surface area contributed by atoms with Crippen LogP contribution in [0.2, 0.25) is 0 Å². The average molecular weight is 296 g/mol. The highest BCUT2D eigenvalue weighted by atomic mass is 16.8. The molecule has 22 heavy (non-hydrogen) atoms. The summed E-state index contributed by atoms with van der Waals surface area (Å²) in [5.41, 5.74) is 0.304. The first-order valence-corrected chi connectivity index (χ1v) is 6.79. The zero-order valence-electron chi connectivity index (χ0n) is 12.1. The zero-order valence-corrected chi connectivity index (χ0v) is 12.1. The standard InChI is InChI=1S/C17H16N2O3/c1-13(20)17(12-18,15-5-3-2-4-6-15)11-14-7-9-16(10-8-14)19(21)22/h2-10,19,21H,11H2,1H3/t17-/m1/s1. The molecule has 2 rings (SSSR count). The van der Waals surface area contributed by atoms with Crippen LogP contribution in [0.25, 0.3) is 0 Å². The summed E-state index contributed by atoms with van der Waals surface area (Å²) in [7, 11) is 0. The monoisotopic (exact) mass is 296 g/mol. The van der Waals surface area contributed by atoms with E-state index in [0.717, 1.165) is 5.56 Å². The number of ketones is 1. The van der Waals surface area contributed by atoms with Gasteiger partial charge in [0.1, 0.15) is 5.41 Å². The maximum atomic E-state index is 12.2. The highest BCUT2D eigenvalue weighted by molar-refractivity contribution is 5.91. The Morgan fingerprint density at radius 1 is 1.23 bits per heavy atom. The molecule has 2 aromatic rings. The van der Waals surface area contributed by atoms with E-state index in [1.807, 2.05) is 6.07 Å². The molecular formula is C17H16N2O3. The van der Waals surface area contributed by atoms with E-state index in [0.29, 0.717) is 5.56 Å². The molecule has 0 spiro atoms. The van der Waals surface area contributed by atoms with E-state index >= 15 is 0 Å². The second kappa shape index (κ2) is 6.50. The first-order chi connectivity index (χ1) is 10.5. The molecule has 0 aliphatic rings. The van der Waals surface area contributed by atoms with Gasteiger partial charge in [0.15, 0.2) is 11.5 Å². The Balaban J connectivity index is 2.40. The van der Waals surface area contributed by atoms with Crippen molar-refractivity contribution in [3.8, 4) is 6.07 Å². The predicted octanol–water partition coefficient (Wildman–Crippen LogP) is 1.68. The molecule has 0 aromatic heterocycles. The van der Waals surface area contributed by atoms with Crippen molar-refractivity contribution in [2.24, 2.45) is 0 Å². The number of nitrogens with zero attached hydrogens (tertiary/aromatic N) is 1. The Hall–Kier alpha value is -2.52. The summed E-state index contributed by atoms with van der Waals surface area (Å²) < 4.78 is 0. The number of quaternary nitrogens is 1. The van der Waals surface area contributed by atoms with Crippen LogP contribution >= 0.6 is 0 Å². The number of carbonyl (C=O) groups is 1. The molecule has 5 nitrogen and oxygen atoms in total. The third kappa shape index (κ3) is 3.05. The Kier molecular flexibility index (Phi) is 4.68. The molecule has 2 N–H and O–H groups in total. The van der Waals surface area contributed by atoms with Crippen molar-refractivity contribution in [2.75, 3.05) is 0 Å². The summed E-state index contributed by atoms with van der Waals surface area (Å²) in [6.45, 7) is 1.40. The smallest absolute Gasteiger partial charge is 0.163 e. The van der Waals surface area contributed by atoms with E-state index in [9.17, 15) is 15.3 Å². The highest BCUT2D eigenvalue weighted by Gasteiger charge is 2.37. The maximum Gasteiger partial charge on any atom is 0.163 e. The number of hydrogen-bond donors (Lipinski definition) is 2. The Morgan fingerprint density at radius 3 is 2.27 bits per heavy atom.